The summed E-state index contributed by atoms with van der Waals surface area (Å²) in [6.45, 7) is 1.64. The molecule has 0 spiro atoms. The fourth-order valence-electron chi connectivity index (χ4n) is 3.18. The standard InChI is InChI=1S/C20H26N2O/c1-22(2)15-9-14-20(16-21-17-23,18-10-5-3-6-11-18)19-12-7-4-8-13-19/h3-8,10-13,17H,9,14-16H2,1-2H3,(H,21,23). The van der Waals surface area contributed by atoms with Crippen LogP contribution in [0, 0.1) is 0 Å². The van der Waals surface area contributed by atoms with E-state index in [-0.39, 0.29) is 5.41 Å². The van der Waals surface area contributed by atoms with Gasteiger partial charge in [-0.2, -0.15) is 0 Å². The molecule has 3 heteroatoms. The van der Waals surface area contributed by atoms with E-state index in [1.807, 2.05) is 12.1 Å². The van der Waals surface area contributed by atoms with E-state index in [1.54, 1.807) is 0 Å². The lowest BCUT2D eigenvalue weighted by Crippen LogP contribution is -2.39. The Kier molecular flexibility index (Phi) is 6.36. The van der Waals surface area contributed by atoms with Crippen molar-refractivity contribution in [3.05, 3.63) is 71.8 Å². The number of amides is 1. The van der Waals surface area contributed by atoms with E-state index in [0.717, 1.165) is 25.8 Å². The van der Waals surface area contributed by atoms with Crippen LogP contribution in [0.2, 0.25) is 0 Å². The quantitative estimate of drug-likeness (QED) is 0.722. The van der Waals surface area contributed by atoms with Gasteiger partial charge in [0, 0.05) is 12.0 Å². The van der Waals surface area contributed by atoms with E-state index in [0.29, 0.717) is 6.54 Å². The Morgan fingerprint density at radius 1 is 0.957 bits per heavy atom. The van der Waals surface area contributed by atoms with Gasteiger partial charge in [0.2, 0.25) is 6.41 Å². The van der Waals surface area contributed by atoms with Gasteiger partial charge in [-0.25, -0.2) is 0 Å². The first kappa shape index (κ1) is 17.2. The van der Waals surface area contributed by atoms with Gasteiger partial charge in [-0.15, -0.1) is 0 Å². The second-order valence-electron chi connectivity index (χ2n) is 6.22. The van der Waals surface area contributed by atoms with Crippen LogP contribution in [-0.2, 0) is 10.2 Å². The van der Waals surface area contributed by atoms with Crippen LogP contribution in [0.15, 0.2) is 60.7 Å². The summed E-state index contributed by atoms with van der Waals surface area (Å²) in [5, 5.41) is 2.93. The molecule has 0 fully saturated rings. The molecule has 0 heterocycles. The van der Waals surface area contributed by atoms with Gasteiger partial charge in [-0.3, -0.25) is 4.79 Å². The molecule has 0 radical (unpaired) electrons. The molecule has 23 heavy (non-hydrogen) atoms. The molecule has 0 aliphatic carbocycles. The monoisotopic (exact) mass is 310 g/mol. The first-order chi connectivity index (χ1) is 11.2. The molecule has 122 valence electrons. The number of carbonyl (C=O) groups excluding carboxylic acids is 1. The van der Waals surface area contributed by atoms with E-state index in [1.165, 1.54) is 11.1 Å². The number of nitrogens with one attached hydrogen (secondary N) is 1. The van der Waals surface area contributed by atoms with Crippen molar-refractivity contribution in [3.8, 4) is 0 Å². The third-order valence-corrected chi connectivity index (χ3v) is 4.35. The Bertz CT molecular complexity index is 542. The zero-order valence-electron chi connectivity index (χ0n) is 14.0. The molecule has 3 nitrogen and oxygen atoms in total. The average Bonchev–Trinajstić information content (AvgIpc) is 2.59. The summed E-state index contributed by atoms with van der Waals surface area (Å²) in [5.41, 5.74) is 2.30. The normalized spacial score (nSPS) is 11.4. The molecule has 1 amide bonds. The number of benzene rings is 2. The van der Waals surface area contributed by atoms with Crippen LogP contribution in [0.5, 0.6) is 0 Å². The lowest BCUT2D eigenvalue weighted by atomic mass is 9.71. The van der Waals surface area contributed by atoms with Crippen LogP contribution < -0.4 is 5.32 Å². The first-order valence-electron chi connectivity index (χ1n) is 8.12. The number of hydrogen-bond acceptors (Lipinski definition) is 2. The molecular weight excluding hydrogens is 284 g/mol. The van der Waals surface area contributed by atoms with Crippen molar-refractivity contribution in [3.63, 3.8) is 0 Å². The maximum atomic E-state index is 11.0. The molecular formula is C20H26N2O. The van der Waals surface area contributed by atoms with Gasteiger partial charge < -0.3 is 10.2 Å². The summed E-state index contributed by atoms with van der Waals surface area (Å²) in [5.74, 6) is 0. The minimum Gasteiger partial charge on any atom is -0.357 e. The second-order valence-corrected chi connectivity index (χ2v) is 6.22. The van der Waals surface area contributed by atoms with Crippen molar-refractivity contribution < 1.29 is 4.79 Å². The molecule has 0 aromatic heterocycles. The number of nitrogens with zero attached hydrogens (tertiary/aromatic N) is 1. The minimum atomic E-state index is -0.195. The molecule has 0 bridgehead atoms. The van der Waals surface area contributed by atoms with Crippen LogP contribution in [-0.4, -0.2) is 38.5 Å². The Balaban J connectivity index is 2.42. The van der Waals surface area contributed by atoms with E-state index in [4.69, 9.17) is 0 Å². The molecule has 0 aliphatic rings. The molecule has 0 atom stereocenters. The number of carbonyl (C=O) groups is 1. The summed E-state index contributed by atoms with van der Waals surface area (Å²) in [6.07, 6.45) is 2.85. The van der Waals surface area contributed by atoms with Crippen LogP contribution in [0.25, 0.3) is 0 Å². The molecule has 0 saturated carbocycles. The van der Waals surface area contributed by atoms with Gasteiger partial charge in [-0.05, 0) is 44.6 Å². The van der Waals surface area contributed by atoms with Crippen molar-refractivity contribution in [2.24, 2.45) is 0 Å². The van der Waals surface area contributed by atoms with Crippen LogP contribution in [0.3, 0.4) is 0 Å². The predicted molar refractivity (Wildman–Crippen MR) is 95.5 cm³/mol. The SMILES string of the molecule is CN(C)CCCC(CNC=O)(c1ccccc1)c1ccccc1. The van der Waals surface area contributed by atoms with Crippen molar-refractivity contribution >= 4 is 6.41 Å². The third kappa shape index (κ3) is 4.42. The summed E-state index contributed by atoms with van der Waals surface area (Å²) in [4.78, 5) is 13.2. The fourth-order valence-corrected chi connectivity index (χ4v) is 3.18. The Hall–Kier alpha value is -2.13. The Morgan fingerprint density at radius 2 is 1.48 bits per heavy atom. The predicted octanol–water partition coefficient (Wildman–Crippen LogP) is 3.06. The van der Waals surface area contributed by atoms with Gasteiger partial charge in [0.1, 0.15) is 0 Å². The number of hydrogen-bond donors (Lipinski definition) is 1. The molecule has 2 aromatic carbocycles. The molecule has 1 N–H and O–H groups in total. The highest BCUT2D eigenvalue weighted by Crippen LogP contribution is 2.36. The summed E-state index contributed by atoms with van der Waals surface area (Å²) >= 11 is 0. The third-order valence-electron chi connectivity index (χ3n) is 4.35. The van der Waals surface area contributed by atoms with E-state index in [9.17, 15) is 4.79 Å². The highest BCUT2D eigenvalue weighted by molar-refractivity contribution is 5.48. The van der Waals surface area contributed by atoms with Gasteiger partial charge in [0.05, 0.1) is 0 Å². The molecule has 0 aliphatic heterocycles. The average molecular weight is 310 g/mol. The van der Waals surface area contributed by atoms with E-state index < -0.39 is 0 Å². The highest BCUT2D eigenvalue weighted by atomic mass is 16.1. The maximum Gasteiger partial charge on any atom is 0.207 e. The first-order valence-corrected chi connectivity index (χ1v) is 8.12. The van der Waals surface area contributed by atoms with Crippen molar-refractivity contribution in [1.29, 1.82) is 0 Å². The minimum absolute atomic E-state index is 0.195. The van der Waals surface area contributed by atoms with Crippen LogP contribution in [0.1, 0.15) is 24.0 Å². The lowest BCUT2D eigenvalue weighted by Gasteiger charge is -2.35. The fraction of sp³-hybridized carbons (Fsp3) is 0.350. The van der Waals surface area contributed by atoms with Gasteiger partial charge in [0.25, 0.3) is 0 Å². The Labute approximate surface area is 139 Å². The van der Waals surface area contributed by atoms with E-state index >= 15 is 0 Å². The van der Waals surface area contributed by atoms with Gasteiger partial charge in [-0.1, -0.05) is 60.7 Å². The molecule has 2 aromatic rings. The zero-order valence-corrected chi connectivity index (χ0v) is 14.0. The summed E-state index contributed by atoms with van der Waals surface area (Å²) in [6, 6.07) is 21.0. The van der Waals surface area contributed by atoms with Crippen LogP contribution in [0.4, 0.5) is 0 Å². The smallest absolute Gasteiger partial charge is 0.207 e. The largest absolute Gasteiger partial charge is 0.357 e. The van der Waals surface area contributed by atoms with Crippen molar-refractivity contribution in [2.75, 3.05) is 27.2 Å². The lowest BCUT2D eigenvalue weighted by molar-refractivity contribution is -0.109. The van der Waals surface area contributed by atoms with Crippen molar-refractivity contribution in [1.82, 2.24) is 10.2 Å². The topological polar surface area (TPSA) is 32.3 Å². The summed E-state index contributed by atoms with van der Waals surface area (Å²) < 4.78 is 0. The molecule has 2 rings (SSSR count). The molecule has 0 unspecified atom stereocenters. The maximum absolute atomic E-state index is 11.0. The van der Waals surface area contributed by atoms with Gasteiger partial charge >= 0.3 is 0 Å². The van der Waals surface area contributed by atoms with Crippen LogP contribution >= 0.6 is 0 Å². The Morgan fingerprint density at radius 3 is 1.91 bits per heavy atom. The zero-order chi connectivity index (χ0) is 16.5. The molecule has 0 saturated heterocycles. The number of rotatable bonds is 9. The summed E-state index contributed by atoms with van der Waals surface area (Å²) in [7, 11) is 4.19. The van der Waals surface area contributed by atoms with Gasteiger partial charge in [0.15, 0.2) is 0 Å². The van der Waals surface area contributed by atoms with Crippen molar-refractivity contribution in [2.45, 2.75) is 18.3 Å². The second kappa shape index (κ2) is 8.49. The highest BCUT2D eigenvalue weighted by Gasteiger charge is 2.33. The van der Waals surface area contributed by atoms with E-state index in [2.05, 4.69) is 72.8 Å².